The molecule has 0 aliphatic rings. The van der Waals surface area contributed by atoms with Gasteiger partial charge in [-0.1, -0.05) is 0 Å². The van der Waals surface area contributed by atoms with Crippen LogP contribution in [0.3, 0.4) is 0 Å². The number of carbonyl (C=O) groups excluding carboxylic acids is 1. The van der Waals surface area contributed by atoms with Crippen LogP contribution in [0.25, 0.3) is 0 Å². The lowest BCUT2D eigenvalue weighted by molar-refractivity contribution is 0.0786. The zero-order chi connectivity index (χ0) is 13.7. The highest BCUT2D eigenvalue weighted by molar-refractivity contribution is 7.07. The molecule has 0 spiro atoms. The van der Waals surface area contributed by atoms with Crippen molar-refractivity contribution in [3.05, 3.63) is 46.4 Å². The average Bonchev–Trinajstić information content (AvgIpc) is 2.92. The molecular weight excluding hydrogens is 258 g/mol. The van der Waals surface area contributed by atoms with E-state index < -0.39 is 0 Å². The van der Waals surface area contributed by atoms with Crippen molar-refractivity contribution >= 4 is 22.9 Å². The fourth-order valence-electron chi connectivity index (χ4n) is 1.84. The van der Waals surface area contributed by atoms with E-state index in [9.17, 15) is 4.79 Å². The van der Waals surface area contributed by atoms with Gasteiger partial charge in [-0.15, -0.1) is 0 Å². The Hall–Kier alpha value is -1.88. The van der Waals surface area contributed by atoms with Crippen molar-refractivity contribution in [3.63, 3.8) is 0 Å². The fraction of sp³-hybridized carbons (Fsp3) is 0.286. The minimum Gasteiger partial charge on any atom is -0.385 e. The highest BCUT2D eigenvalue weighted by atomic mass is 32.1. The van der Waals surface area contributed by atoms with Gasteiger partial charge in [0.1, 0.15) is 0 Å². The predicted octanol–water partition coefficient (Wildman–Crippen LogP) is 2.85. The molecule has 2 aromatic rings. The van der Waals surface area contributed by atoms with E-state index in [1.807, 2.05) is 31.5 Å². The molecule has 0 aromatic carbocycles. The Morgan fingerprint density at radius 1 is 1.47 bits per heavy atom. The van der Waals surface area contributed by atoms with Crippen LogP contribution in [-0.2, 0) is 6.54 Å². The average molecular weight is 275 g/mol. The smallest absolute Gasteiger partial charge is 0.257 e. The molecule has 0 aliphatic carbocycles. The van der Waals surface area contributed by atoms with Crippen LogP contribution in [0.1, 0.15) is 22.8 Å². The molecule has 0 bridgehead atoms. The maximum absolute atomic E-state index is 12.4. The molecule has 0 aliphatic heterocycles. The first-order chi connectivity index (χ1) is 9.22. The molecule has 4 nitrogen and oxygen atoms in total. The minimum absolute atomic E-state index is 0.0183. The highest BCUT2D eigenvalue weighted by Gasteiger charge is 2.16. The van der Waals surface area contributed by atoms with Crippen LogP contribution in [0.5, 0.6) is 0 Å². The summed E-state index contributed by atoms with van der Waals surface area (Å²) in [5.41, 5.74) is 2.59. The van der Waals surface area contributed by atoms with Gasteiger partial charge in [0.05, 0.1) is 11.3 Å². The lowest BCUT2D eigenvalue weighted by Crippen LogP contribution is -2.27. The molecule has 0 atom stereocenters. The first-order valence-electron chi connectivity index (χ1n) is 6.16. The lowest BCUT2D eigenvalue weighted by Gasteiger charge is -2.18. The monoisotopic (exact) mass is 275 g/mol. The fourth-order valence-corrected chi connectivity index (χ4v) is 2.50. The molecule has 2 heterocycles. The number of pyridine rings is 1. The van der Waals surface area contributed by atoms with Gasteiger partial charge < -0.3 is 10.2 Å². The number of thiophene rings is 1. The van der Waals surface area contributed by atoms with Crippen molar-refractivity contribution in [3.8, 4) is 0 Å². The summed E-state index contributed by atoms with van der Waals surface area (Å²) in [7, 11) is 1.81. The van der Waals surface area contributed by atoms with Crippen LogP contribution < -0.4 is 5.32 Å². The Morgan fingerprint density at radius 3 is 3.00 bits per heavy atom. The Balaban J connectivity index is 2.14. The van der Waals surface area contributed by atoms with Crippen molar-refractivity contribution in [2.24, 2.45) is 0 Å². The molecular formula is C14H17N3OS. The number of rotatable bonds is 5. The molecule has 1 amide bonds. The first-order valence-corrected chi connectivity index (χ1v) is 7.11. The maximum Gasteiger partial charge on any atom is 0.257 e. The Labute approximate surface area is 117 Å². The van der Waals surface area contributed by atoms with Crippen LogP contribution in [-0.4, -0.2) is 29.4 Å². The third-order valence-corrected chi connectivity index (χ3v) is 3.50. The van der Waals surface area contributed by atoms with E-state index in [0.29, 0.717) is 12.1 Å². The topological polar surface area (TPSA) is 45.2 Å². The molecule has 0 fully saturated rings. The molecule has 19 heavy (non-hydrogen) atoms. The number of aromatic nitrogens is 1. The number of hydrogen-bond donors (Lipinski definition) is 1. The third kappa shape index (κ3) is 3.32. The van der Waals surface area contributed by atoms with Gasteiger partial charge in [0, 0.05) is 32.5 Å². The largest absolute Gasteiger partial charge is 0.385 e. The standard InChI is InChI=1S/C14H17N3OS/c1-3-16-13-4-6-15-8-12(13)14(18)17(2)9-11-5-7-19-10-11/h4-8,10H,3,9H2,1-2H3,(H,15,16). The van der Waals surface area contributed by atoms with E-state index in [1.165, 1.54) is 0 Å². The Morgan fingerprint density at radius 2 is 2.32 bits per heavy atom. The zero-order valence-electron chi connectivity index (χ0n) is 11.1. The SMILES string of the molecule is CCNc1ccncc1C(=O)N(C)Cc1ccsc1. The summed E-state index contributed by atoms with van der Waals surface area (Å²) in [6.45, 7) is 3.39. The van der Waals surface area contributed by atoms with E-state index in [1.54, 1.807) is 28.6 Å². The highest BCUT2D eigenvalue weighted by Crippen LogP contribution is 2.17. The summed E-state index contributed by atoms with van der Waals surface area (Å²) in [6, 6.07) is 3.86. The summed E-state index contributed by atoms with van der Waals surface area (Å²) in [4.78, 5) is 18.2. The molecule has 0 saturated heterocycles. The van der Waals surface area contributed by atoms with Crippen LogP contribution in [0, 0.1) is 0 Å². The van der Waals surface area contributed by atoms with Gasteiger partial charge in [0.15, 0.2) is 0 Å². The van der Waals surface area contributed by atoms with E-state index in [4.69, 9.17) is 0 Å². The van der Waals surface area contributed by atoms with Gasteiger partial charge in [0.2, 0.25) is 0 Å². The van der Waals surface area contributed by atoms with Gasteiger partial charge in [-0.3, -0.25) is 9.78 Å². The summed E-state index contributed by atoms with van der Waals surface area (Å²) >= 11 is 1.64. The van der Waals surface area contributed by atoms with Gasteiger partial charge in [0.25, 0.3) is 5.91 Å². The number of anilines is 1. The number of nitrogens with one attached hydrogen (secondary N) is 1. The van der Waals surface area contributed by atoms with Gasteiger partial charge in [-0.25, -0.2) is 0 Å². The van der Waals surface area contributed by atoms with Crippen LogP contribution in [0.2, 0.25) is 0 Å². The van der Waals surface area contributed by atoms with Crippen molar-refractivity contribution in [1.82, 2.24) is 9.88 Å². The molecule has 5 heteroatoms. The van der Waals surface area contributed by atoms with Gasteiger partial charge >= 0.3 is 0 Å². The minimum atomic E-state index is -0.0183. The summed E-state index contributed by atoms with van der Waals surface area (Å²) in [5, 5.41) is 7.25. The second kappa shape index (κ2) is 6.33. The van der Waals surface area contributed by atoms with E-state index in [-0.39, 0.29) is 5.91 Å². The van der Waals surface area contributed by atoms with Crippen LogP contribution in [0.4, 0.5) is 5.69 Å². The molecule has 0 unspecified atom stereocenters. The molecule has 100 valence electrons. The maximum atomic E-state index is 12.4. The zero-order valence-corrected chi connectivity index (χ0v) is 11.9. The van der Waals surface area contributed by atoms with E-state index in [0.717, 1.165) is 17.8 Å². The lowest BCUT2D eigenvalue weighted by atomic mass is 10.2. The summed E-state index contributed by atoms with van der Waals surface area (Å²) < 4.78 is 0. The van der Waals surface area contributed by atoms with Crippen molar-refractivity contribution in [2.45, 2.75) is 13.5 Å². The van der Waals surface area contributed by atoms with Gasteiger partial charge in [-0.05, 0) is 35.4 Å². The quantitative estimate of drug-likeness (QED) is 0.912. The third-order valence-electron chi connectivity index (χ3n) is 2.77. The number of nitrogens with zero attached hydrogens (tertiary/aromatic N) is 2. The number of carbonyl (C=O) groups is 1. The summed E-state index contributed by atoms with van der Waals surface area (Å²) in [6.07, 6.45) is 3.30. The van der Waals surface area contributed by atoms with Crippen molar-refractivity contribution in [2.75, 3.05) is 18.9 Å². The van der Waals surface area contributed by atoms with Crippen molar-refractivity contribution in [1.29, 1.82) is 0 Å². The second-order valence-corrected chi connectivity index (χ2v) is 5.02. The van der Waals surface area contributed by atoms with Crippen LogP contribution >= 0.6 is 11.3 Å². The van der Waals surface area contributed by atoms with Crippen molar-refractivity contribution < 1.29 is 4.79 Å². The number of amides is 1. The van der Waals surface area contributed by atoms with Gasteiger partial charge in [-0.2, -0.15) is 11.3 Å². The normalized spacial score (nSPS) is 10.2. The second-order valence-electron chi connectivity index (χ2n) is 4.24. The predicted molar refractivity (Wildman–Crippen MR) is 78.5 cm³/mol. The van der Waals surface area contributed by atoms with Crippen LogP contribution in [0.15, 0.2) is 35.3 Å². The molecule has 2 rings (SSSR count). The number of hydrogen-bond acceptors (Lipinski definition) is 4. The first kappa shape index (κ1) is 13.5. The molecule has 0 radical (unpaired) electrons. The van der Waals surface area contributed by atoms with E-state index in [2.05, 4.69) is 15.7 Å². The van der Waals surface area contributed by atoms with E-state index >= 15 is 0 Å². The Bertz CT molecular complexity index is 539. The Kier molecular flexibility index (Phi) is 4.52. The summed E-state index contributed by atoms with van der Waals surface area (Å²) in [5.74, 6) is -0.0183. The molecule has 2 aromatic heterocycles. The molecule has 1 N–H and O–H groups in total. The molecule has 0 saturated carbocycles.